The van der Waals surface area contributed by atoms with Crippen LogP contribution in [0.2, 0.25) is 0 Å². The first-order chi connectivity index (χ1) is 8.15. The fourth-order valence-electron chi connectivity index (χ4n) is 2.53. The van der Waals surface area contributed by atoms with E-state index in [-0.39, 0.29) is 0 Å². The lowest BCUT2D eigenvalue weighted by molar-refractivity contribution is -0.138. The number of hydrogen-bond acceptors (Lipinski definition) is 3. The Morgan fingerprint density at radius 1 is 1.59 bits per heavy atom. The smallest absolute Gasteiger partial charge is 0.326 e. The van der Waals surface area contributed by atoms with Crippen LogP contribution < -0.4 is 10.6 Å². The Balaban J connectivity index is 2.40. The Labute approximate surface area is 101 Å². The number of fused-ring (bicyclic) bond motifs is 1. The molecule has 1 aromatic carbocycles. The van der Waals surface area contributed by atoms with Gasteiger partial charge in [-0.2, -0.15) is 0 Å². The van der Waals surface area contributed by atoms with Gasteiger partial charge in [-0.1, -0.05) is 13.0 Å². The molecule has 0 amide bonds. The van der Waals surface area contributed by atoms with Crippen LogP contribution in [-0.2, 0) is 11.2 Å². The maximum Gasteiger partial charge on any atom is 0.326 e. The number of nitrogens with zero attached hydrogens (tertiary/aromatic N) is 1. The molecule has 2 rings (SSSR count). The first-order valence-corrected chi connectivity index (χ1v) is 6.02. The molecule has 0 radical (unpaired) electrons. The number of nitrogens with two attached hydrogens (primary N) is 1. The van der Waals surface area contributed by atoms with Crippen molar-refractivity contribution in [2.75, 3.05) is 17.2 Å². The number of nitrogen functional groups attached to an aromatic ring is 1. The van der Waals surface area contributed by atoms with Crippen LogP contribution in [0.4, 0.5) is 11.4 Å². The molecular formula is C13H18N2O2. The van der Waals surface area contributed by atoms with Crippen LogP contribution in [0.5, 0.6) is 0 Å². The predicted molar refractivity (Wildman–Crippen MR) is 68.2 cm³/mol. The molecule has 0 aromatic heterocycles. The SMILES string of the molecule is CCC(C(=O)O)N1CCCc2c(N)cccc21. The Hall–Kier alpha value is -1.71. The summed E-state index contributed by atoms with van der Waals surface area (Å²) < 4.78 is 0. The molecular weight excluding hydrogens is 216 g/mol. The summed E-state index contributed by atoms with van der Waals surface area (Å²) in [7, 11) is 0. The molecule has 0 bridgehead atoms. The van der Waals surface area contributed by atoms with Gasteiger partial charge >= 0.3 is 5.97 Å². The lowest BCUT2D eigenvalue weighted by atomic mass is 9.97. The van der Waals surface area contributed by atoms with Gasteiger partial charge in [0.05, 0.1) is 0 Å². The minimum absolute atomic E-state index is 0.448. The van der Waals surface area contributed by atoms with Crippen molar-refractivity contribution in [2.45, 2.75) is 32.2 Å². The van der Waals surface area contributed by atoms with Crippen LogP contribution in [0.15, 0.2) is 18.2 Å². The van der Waals surface area contributed by atoms with Crippen LogP contribution in [0.3, 0.4) is 0 Å². The minimum Gasteiger partial charge on any atom is -0.480 e. The highest BCUT2D eigenvalue weighted by Gasteiger charge is 2.28. The lowest BCUT2D eigenvalue weighted by Crippen LogP contribution is -2.43. The molecule has 3 N–H and O–H groups in total. The van der Waals surface area contributed by atoms with E-state index in [1.807, 2.05) is 30.0 Å². The number of rotatable bonds is 3. The fourth-order valence-corrected chi connectivity index (χ4v) is 2.53. The molecule has 0 fully saturated rings. The quantitative estimate of drug-likeness (QED) is 0.784. The molecule has 4 nitrogen and oxygen atoms in total. The molecule has 92 valence electrons. The van der Waals surface area contributed by atoms with Crippen molar-refractivity contribution >= 4 is 17.3 Å². The number of benzene rings is 1. The zero-order chi connectivity index (χ0) is 12.4. The van der Waals surface area contributed by atoms with Crippen molar-refractivity contribution < 1.29 is 9.90 Å². The van der Waals surface area contributed by atoms with Crippen LogP contribution in [0.1, 0.15) is 25.3 Å². The van der Waals surface area contributed by atoms with Crippen molar-refractivity contribution in [1.29, 1.82) is 0 Å². The van der Waals surface area contributed by atoms with Crippen molar-refractivity contribution in [3.63, 3.8) is 0 Å². The molecule has 17 heavy (non-hydrogen) atoms. The van der Waals surface area contributed by atoms with Crippen molar-refractivity contribution in [2.24, 2.45) is 0 Å². The first kappa shape index (κ1) is 11.8. The zero-order valence-corrected chi connectivity index (χ0v) is 10.0. The summed E-state index contributed by atoms with van der Waals surface area (Å²) in [6.07, 6.45) is 2.50. The van der Waals surface area contributed by atoms with Crippen LogP contribution in [0.25, 0.3) is 0 Å². The van der Waals surface area contributed by atoms with Gasteiger partial charge in [0.1, 0.15) is 6.04 Å². The summed E-state index contributed by atoms with van der Waals surface area (Å²) in [6.45, 7) is 2.70. The summed E-state index contributed by atoms with van der Waals surface area (Å²) in [5, 5.41) is 9.25. The zero-order valence-electron chi connectivity index (χ0n) is 10.0. The Morgan fingerprint density at radius 3 is 3.00 bits per heavy atom. The van der Waals surface area contributed by atoms with Gasteiger partial charge < -0.3 is 15.7 Å². The Kier molecular flexibility index (Phi) is 3.22. The third-order valence-corrected chi connectivity index (χ3v) is 3.37. The Bertz CT molecular complexity index is 431. The molecule has 0 spiro atoms. The van der Waals surface area contributed by atoms with Crippen LogP contribution in [0, 0.1) is 0 Å². The maximum absolute atomic E-state index is 11.3. The highest BCUT2D eigenvalue weighted by atomic mass is 16.4. The monoisotopic (exact) mass is 234 g/mol. The number of aliphatic carboxylic acids is 1. The fraction of sp³-hybridized carbons (Fsp3) is 0.462. The molecule has 0 saturated carbocycles. The predicted octanol–water partition coefficient (Wildman–Crippen LogP) is 1.88. The topological polar surface area (TPSA) is 66.6 Å². The van der Waals surface area contributed by atoms with E-state index < -0.39 is 12.0 Å². The van der Waals surface area contributed by atoms with E-state index in [1.165, 1.54) is 0 Å². The molecule has 1 unspecified atom stereocenters. The maximum atomic E-state index is 11.3. The third-order valence-electron chi connectivity index (χ3n) is 3.37. The summed E-state index contributed by atoms with van der Waals surface area (Å²) in [6, 6.07) is 5.29. The van der Waals surface area contributed by atoms with Crippen LogP contribution in [-0.4, -0.2) is 23.7 Å². The van der Waals surface area contributed by atoms with Gasteiger partial charge in [-0.05, 0) is 37.0 Å². The van der Waals surface area contributed by atoms with E-state index in [9.17, 15) is 9.90 Å². The van der Waals surface area contributed by atoms with E-state index in [0.717, 1.165) is 36.3 Å². The van der Waals surface area contributed by atoms with Gasteiger partial charge in [-0.15, -0.1) is 0 Å². The molecule has 1 heterocycles. The molecule has 1 aliphatic heterocycles. The Morgan fingerprint density at radius 2 is 2.35 bits per heavy atom. The van der Waals surface area contributed by atoms with E-state index in [2.05, 4.69) is 0 Å². The van der Waals surface area contributed by atoms with Gasteiger partial charge in [0, 0.05) is 17.9 Å². The van der Waals surface area contributed by atoms with Crippen LogP contribution >= 0.6 is 0 Å². The van der Waals surface area contributed by atoms with E-state index in [4.69, 9.17) is 5.73 Å². The second-order valence-corrected chi connectivity index (χ2v) is 4.40. The van der Waals surface area contributed by atoms with Crippen molar-refractivity contribution in [1.82, 2.24) is 0 Å². The highest BCUT2D eigenvalue weighted by molar-refractivity contribution is 5.80. The first-order valence-electron chi connectivity index (χ1n) is 6.02. The minimum atomic E-state index is -0.761. The van der Waals surface area contributed by atoms with Crippen molar-refractivity contribution in [3.05, 3.63) is 23.8 Å². The summed E-state index contributed by atoms with van der Waals surface area (Å²) in [4.78, 5) is 13.2. The number of carboxylic acid groups (broad SMARTS) is 1. The second-order valence-electron chi connectivity index (χ2n) is 4.40. The molecule has 0 aliphatic carbocycles. The van der Waals surface area contributed by atoms with Gasteiger partial charge in [-0.3, -0.25) is 0 Å². The van der Waals surface area contributed by atoms with Gasteiger partial charge in [-0.25, -0.2) is 4.79 Å². The number of carboxylic acids is 1. The molecule has 1 aliphatic rings. The van der Waals surface area contributed by atoms with E-state index in [1.54, 1.807) is 0 Å². The van der Waals surface area contributed by atoms with Crippen molar-refractivity contribution in [3.8, 4) is 0 Å². The molecule has 1 aromatic rings. The van der Waals surface area contributed by atoms with Gasteiger partial charge in [0.25, 0.3) is 0 Å². The summed E-state index contributed by atoms with van der Waals surface area (Å²) in [5.41, 5.74) is 8.80. The molecule has 0 saturated heterocycles. The molecule has 4 heteroatoms. The van der Waals surface area contributed by atoms with Gasteiger partial charge in [0.15, 0.2) is 0 Å². The number of carbonyl (C=O) groups is 1. The average Bonchev–Trinajstić information content (AvgIpc) is 2.31. The third kappa shape index (κ3) is 2.07. The highest BCUT2D eigenvalue weighted by Crippen LogP contribution is 2.33. The second kappa shape index (κ2) is 4.65. The molecule has 1 atom stereocenters. The summed E-state index contributed by atoms with van der Waals surface area (Å²) in [5.74, 6) is -0.761. The number of anilines is 2. The average molecular weight is 234 g/mol. The summed E-state index contributed by atoms with van der Waals surface area (Å²) >= 11 is 0. The normalized spacial score (nSPS) is 16.4. The van der Waals surface area contributed by atoms with E-state index in [0.29, 0.717) is 6.42 Å². The van der Waals surface area contributed by atoms with E-state index >= 15 is 0 Å². The largest absolute Gasteiger partial charge is 0.480 e. The lowest BCUT2D eigenvalue weighted by Gasteiger charge is -2.35. The standard InChI is InChI=1S/C13H18N2O2/c1-2-11(13(16)17)15-8-4-5-9-10(14)6-3-7-12(9)15/h3,6-7,11H,2,4-5,8,14H2,1H3,(H,16,17). The van der Waals surface area contributed by atoms with Gasteiger partial charge in [0.2, 0.25) is 0 Å². The number of hydrogen-bond donors (Lipinski definition) is 2.